The number of phenolic OH excluding ortho intramolecular Hbond substituents is 1. The highest BCUT2D eigenvalue weighted by Crippen LogP contribution is 2.59. The van der Waals surface area contributed by atoms with Gasteiger partial charge in [-0.1, -0.05) is 86.7 Å². The maximum absolute atomic E-state index is 13.4. The van der Waals surface area contributed by atoms with Gasteiger partial charge in [-0.05, 0) is 95.1 Å². The lowest BCUT2D eigenvalue weighted by Gasteiger charge is -2.38. The summed E-state index contributed by atoms with van der Waals surface area (Å²) in [5.41, 5.74) is 8.00. The van der Waals surface area contributed by atoms with Crippen LogP contribution in [-0.4, -0.2) is 31.3 Å². The molecule has 6 nitrogen and oxygen atoms in total. The lowest BCUT2D eigenvalue weighted by atomic mass is 9.76. The molecule has 1 fully saturated rings. The van der Waals surface area contributed by atoms with Crippen LogP contribution >= 0.6 is 0 Å². The molecule has 1 aliphatic carbocycles. The Morgan fingerprint density at radius 2 is 1.46 bits per heavy atom. The van der Waals surface area contributed by atoms with Gasteiger partial charge in [-0.3, -0.25) is 0 Å². The van der Waals surface area contributed by atoms with Crippen LogP contribution in [0, 0.1) is 0 Å². The van der Waals surface area contributed by atoms with Crippen molar-refractivity contribution in [3.63, 3.8) is 0 Å². The number of methoxy groups -OCH3 is 1. The highest BCUT2D eigenvalue weighted by molar-refractivity contribution is 6.10. The van der Waals surface area contributed by atoms with Crippen molar-refractivity contribution in [2.45, 2.75) is 37.7 Å². The fraction of sp³-hybridized carbons (Fsp3) is 0.196. The lowest BCUT2D eigenvalue weighted by molar-refractivity contribution is 0.0730. The number of carbonyl (C=O) groups excluding carboxylic acids is 1. The zero-order chi connectivity index (χ0) is 35.6. The van der Waals surface area contributed by atoms with Crippen molar-refractivity contribution in [3.05, 3.63) is 155 Å². The van der Waals surface area contributed by atoms with E-state index in [1.54, 1.807) is 19.2 Å². The number of nitrogens with zero attached hydrogens (tertiary/aromatic N) is 1. The van der Waals surface area contributed by atoms with Gasteiger partial charge in [-0.2, -0.15) is 0 Å². The normalized spacial score (nSPS) is 18.0. The number of phenols is 1. The summed E-state index contributed by atoms with van der Waals surface area (Å²) >= 11 is 0. The first-order chi connectivity index (χ1) is 25.3. The summed E-state index contributed by atoms with van der Waals surface area (Å²) in [5.74, 6) is 0.984. The van der Waals surface area contributed by atoms with Gasteiger partial charge in [0.2, 0.25) is 0 Å². The number of hydrogen-bond donors (Lipinski definition) is 1. The maximum Gasteiger partial charge on any atom is 0.343 e. The molecule has 0 amide bonds. The molecule has 1 unspecified atom stereocenters. The summed E-state index contributed by atoms with van der Waals surface area (Å²) in [6.45, 7) is 6.69. The van der Waals surface area contributed by atoms with E-state index in [2.05, 4.69) is 104 Å². The summed E-state index contributed by atoms with van der Waals surface area (Å²) < 4.78 is 19.5. The molecular weight excluding hydrogens is 647 g/mol. The second-order valence-electron chi connectivity index (χ2n) is 14.4. The molecular formula is C46H39NO5. The second-order valence-corrected chi connectivity index (χ2v) is 14.4. The molecule has 6 aromatic rings. The minimum Gasteiger partial charge on any atom is -0.508 e. The molecule has 0 aromatic heterocycles. The van der Waals surface area contributed by atoms with Crippen LogP contribution in [0.4, 0.5) is 5.69 Å². The van der Waals surface area contributed by atoms with Gasteiger partial charge in [0.25, 0.3) is 0 Å². The summed E-state index contributed by atoms with van der Waals surface area (Å²) in [7, 11) is 1.58. The van der Waals surface area contributed by atoms with E-state index in [1.165, 1.54) is 41.8 Å². The van der Waals surface area contributed by atoms with Crippen molar-refractivity contribution in [1.29, 1.82) is 0 Å². The standard InChI is InChI=1S/C46H39NO5/c1-45(2)38-14-8-7-13-34(38)41-36-27-40(51-44(49)29-15-21-33(48)22-16-29)39(50-3)28-37(36)43-35(42(41)45)23-24-46(52-43,30-11-5-4-6-12-30)31-17-19-32(20-18-31)47-25-9-10-26-47/h4-8,11-24,27-28,48H,9-10,25-26H2,1-3H3. The molecule has 0 bridgehead atoms. The smallest absolute Gasteiger partial charge is 0.343 e. The van der Waals surface area contributed by atoms with Crippen molar-refractivity contribution < 1.29 is 24.1 Å². The van der Waals surface area contributed by atoms with Gasteiger partial charge < -0.3 is 24.2 Å². The number of fused-ring (bicyclic) bond motifs is 8. The first kappa shape index (κ1) is 31.9. The number of carbonyl (C=O) groups is 1. The van der Waals surface area contributed by atoms with Gasteiger partial charge in [0.1, 0.15) is 11.5 Å². The predicted octanol–water partition coefficient (Wildman–Crippen LogP) is 10.0. The summed E-state index contributed by atoms with van der Waals surface area (Å²) in [4.78, 5) is 15.9. The van der Waals surface area contributed by atoms with Gasteiger partial charge in [-0.15, -0.1) is 0 Å². The lowest BCUT2D eigenvalue weighted by Crippen LogP contribution is -2.35. The van der Waals surface area contributed by atoms with Crippen LogP contribution in [0.2, 0.25) is 0 Å². The molecule has 6 heteroatoms. The molecule has 1 N–H and O–H groups in total. The number of rotatable bonds is 6. The molecule has 9 rings (SSSR count). The van der Waals surface area contributed by atoms with E-state index >= 15 is 0 Å². The number of hydrogen-bond acceptors (Lipinski definition) is 6. The Bertz CT molecular complexity index is 2390. The predicted molar refractivity (Wildman–Crippen MR) is 206 cm³/mol. The van der Waals surface area contributed by atoms with Crippen LogP contribution in [0.15, 0.2) is 121 Å². The van der Waals surface area contributed by atoms with Gasteiger partial charge in [0, 0.05) is 46.3 Å². The van der Waals surface area contributed by atoms with E-state index in [0.717, 1.165) is 57.4 Å². The third kappa shape index (κ3) is 4.89. The largest absolute Gasteiger partial charge is 0.508 e. The molecule has 3 aliphatic rings. The second kappa shape index (κ2) is 12.1. The van der Waals surface area contributed by atoms with Crippen LogP contribution in [0.3, 0.4) is 0 Å². The molecule has 2 aliphatic heterocycles. The molecule has 6 aromatic carbocycles. The Morgan fingerprint density at radius 1 is 0.788 bits per heavy atom. The first-order valence-corrected chi connectivity index (χ1v) is 17.9. The maximum atomic E-state index is 13.4. The third-order valence-corrected chi connectivity index (χ3v) is 11.1. The molecule has 1 saturated heterocycles. The monoisotopic (exact) mass is 685 g/mol. The summed E-state index contributed by atoms with van der Waals surface area (Å²) in [5, 5.41) is 11.6. The van der Waals surface area contributed by atoms with Gasteiger partial charge in [0.05, 0.1) is 12.7 Å². The summed E-state index contributed by atoms with van der Waals surface area (Å²) in [6, 6.07) is 37.6. The Balaban J connectivity index is 1.27. The number of esters is 1. The third-order valence-electron chi connectivity index (χ3n) is 11.1. The van der Waals surface area contributed by atoms with Crippen molar-refractivity contribution in [2.75, 3.05) is 25.1 Å². The topological polar surface area (TPSA) is 68.2 Å². The zero-order valence-electron chi connectivity index (χ0n) is 29.5. The average molecular weight is 686 g/mol. The number of benzene rings is 6. The molecule has 2 heterocycles. The highest BCUT2D eigenvalue weighted by atomic mass is 16.6. The van der Waals surface area contributed by atoms with E-state index in [9.17, 15) is 9.90 Å². The van der Waals surface area contributed by atoms with E-state index in [-0.39, 0.29) is 11.2 Å². The quantitative estimate of drug-likeness (QED) is 0.139. The molecule has 1 atom stereocenters. The Morgan fingerprint density at radius 3 is 2.19 bits per heavy atom. The Labute approximate surface area is 303 Å². The van der Waals surface area contributed by atoms with Crippen molar-refractivity contribution in [1.82, 2.24) is 0 Å². The van der Waals surface area contributed by atoms with Crippen LogP contribution in [-0.2, 0) is 11.0 Å². The van der Waals surface area contributed by atoms with E-state index < -0.39 is 11.6 Å². The van der Waals surface area contributed by atoms with Crippen LogP contribution in [0.25, 0.3) is 28.0 Å². The molecule has 258 valence electrons. The molecule has 0 radical (unpaired) electrons. The van der Waals surface area contributed by atoms with Crippen molar-refractivity contribution >= 4 is 28.5 Å². The average Bonchev–Trinajstić information content (AvgIpc) is 3.80. The Hall–Kier alpha value is -6.01. The highest BCUT2D eigenvalue weighted by Gasteiger charge is 2.44. The van der Waals surface area contributed by atoms with Crippen molar-refractivity contribution in [3.8, 4) is 34.1 Å². The fourth-order valence-electron chi connectivity index (χ4n) is 8.51. The Kier molecular flexibility index (Phi) is 7.40. The molecule has 0 spiro atoms. The van der Waals surface area contributed by atoms with Gasteiger partial charge in [-0.25, -0.2) is 4.79 Å². The number of aromatic hydroxyl groups is 1. The van der Waals surface area contributed by atoms with E-state index in [4.69, 9.17) is 14.2 Å². The first-order valence-electron chi connectivity index (χ1n) is 17.9. The minimum absolute atomic E-state index is 0.0737. The minimum atomic E-state index is -0.911. The van der Waals surface area contributed by atoms with Crippen LogP contribution in [0.1, 0.15) is 64.9 Å². The fourth-order valence-corrected chi connectivity index (χ4v) is 8.51. The van der Waals surface area contributed by atoms with Gasteiger partial charge >= 0.3 is 5.97 Å². The number of anilines is 1. The molecule has 52 heavy (non-hydrogen) atoms. The van der Waals surface area contributed by atoms with E-state index in [0.29, 0.717) is 17.1 Å². The van der Waals surface area contributed by atoms with Crippen LogP contribution in [0.5, 0.6) is 23.0 Å². The summed E-state index contributed by atoms with van der Waals surface area (Å²) in [6.07, 6.45) is 6.90. The van der Waals surface area contributed by atoms with Gasteiger partial charge in [0.15, 0.2) is 17.1 Å². The van der Waals surface area contributed by atoms with Crippen molar-refractivity contribution in [2.24, 2.45) is 0 Å². The van der Waals surface area contributed by atoms with Crippen LogP contribution < -0.4 is 19.1 Å². The molecule has 0 saturated carbocycles. The van der Waals surface area contributed by atoms with E-state index in [1.807, 2.05) is 18.2 Å². The zero-order valence-corrected chi connectivity index (χ0v) is 29.5. The number of ether oxygens (including phenoxy) is 3. The SMILES string of the molecule is COc1cc2c3c(c4c(c2cc1OC(=O)c1ccc(O)cc1)-c1ccccc1C4(C)C)C=CC(c1ccccc1)(c1ccc(N2CCCC2)cc1)O3.